The van der Waals surface area contributed by atoms with Gasteiger partial charge in [0.15, 0.2) is 0 Å². The summed E-state index contributed by atoms with van der Waals surface area (Å²) in [5.74, 6) is 0.719. The summed E-state index contributed by atoms with van der Waals surface area (Å²) in [4.78, 5) is 8.73. The van der Waals surface area contributed by atoms with E-state index in [1.165, 1.54) is 4.90 Å². The van der Waals surface area contributed by atoms with Crippen LogP contribution in [0.3, 0.4) is 0 Å². The number of aromatic amines is 1. The van der Waals surface area contributed by atoms with E-state index < -0.39 is 6.43 Å². The quantitative estimate of drug-likeness (QED) is 0.838. The molecule has 0 aliphatic rings. The summed E-state index contributed by atoms with van der Waals surface area (Å²) in [6, 6.07) is 7.40. The van der Waals surface area contributed by atoms with Crippen molar-refractivity contribution in [1.29, 1.82) is 0 Å². The molecule has 0 aliphatic heterocycles. The molecule has 0 atom stereocenters. The number of benzene rings is 1. The number of aromatic nitrogens is 2. The van der Waals surface area contributed by atoms with Gasteiger partial charge in [-0.2, -0.15) is 0 Å². The Labute approximate surface area is 102 Å². The van der Waals surface area contributed by atoms with Crippen molar-refractivity contribution in [2.24, 2.45) is 0 Å². The highest BCUT2D eigenvalue weighted by atomic mass is 35.5. The minimum atomic E-state index is -2.41. The number of para-hydroxylation sites is 2. The maximum Gasteiger partial charge on any atom is 0.255 e. The summed E-state index contributed by atoms with van der Waals surface area (Å²) in [6.07, 6.45) is -2.41. The molecule has 6 heteroatoms. The highest BCUT2D eigenvalue weighted by Crippen LogP contribution is 2.17. The molecule has 1 heterocycles. The van der Waals surface area contributed by atoms with Gasteiger partial charge in [0.1, 0.15) is 0 Å². The zero-order chi connectivity index (χ0) is 12.3. The SMILES string of the molecule is FC(F)CN(CCCl)c1nc2ccccc2[nH]1. The summed E-state index contributed by atoms with van der Waals surface area (Å²) in [5.41, 5.74) is 1.59. The molecule has 0 fully saturated rings. The van der Waals surface area contributed by atoms with E-state index in [1.807, 2.05) is 24.3 Å². The number of alkyl halides is 3. The molecule has 0 saturated heterocycles. The Morgan fingerprint density at radius 3 is 2.76 bits per heavy atom. The number of H-pyrrole nitrogens is 1. The first kappa shape index (κ1) is 12.1. The van der Waals surface area contributed by atoms with E-state index in [1.54, 1.807) is 0 Å². The van der Waals surface area contributed by atoms with Gasteiger partial charge in [-0.3, -0.25) is 0 Å². The van der Waals surface area contributed by atoms with Crippen molar-refractivity contribution in [3.05, 3.63) is 24.3 Å². The van der Waals surface area contributed by atoms with Crippen molar-refractivity contribution in [3.63, 3.8) is 0 Å². The van der Waals surface area contributed by atoms with Crippen LogP contribution in [0.4, 0.5) is 14.7 Å². The molecule has 2 aromatic rings. The molecule has 0 amide bonds. The summed E-state index contributed by atoms with van der Waals surface area (Å²) in [7, 11) is 0. The lowest BCUT2D eigenvalue weighted by molar-refractivity contribution is 0.155. The second kappa shape index (κ2) is 5.31. The molecule has 0 bridgehead atoms. The number of nitrogens with one attached hydrogen (secondary N) is 1. The van der Waals surface area contributed by atoms with Gasteiger partial charge < -0.3 is 9.88 Å². The van der Waals surface area contributed by atoms with Crippen LogP contribution in [0.2, 0.25) is 0 Å². The number of anilines is 1. The van der Waals surface area contributed by atoms with E-state index in [2.05, 4.69) is 9.97 Å². The van der Waals surface area contributed by atoms with Crippen molar-refractivity contribution in [1.82, 2.24) is 9.97 Å². The minimum absolute atomic E-state index is 0.282. The Bertz CT molecular complexity index is 453. The fourth-order valence-electron chi connectivity index (χ4n) is 1.64. The first-order valence-electron chi connectivity index (χ1n) is 5.24. The monoisotopic (exact) mass is 259 g/mol. The molecule has 0 aliphatic carbocycles. The molecule has 3 nitrogen and oxygen atoms in total. The zero-order valence-electron chi connectivity index (χ0n) is 9.04. The van der Waals surface area contributed by atoms with E-state index in [0.29, 0.717) is 12.5 Å². The largest absolute Gasteiger partial charge is 0.335 e. The Hall–Kier alpha value is -1.36. The van der Waals surface area contributed by atoms with Crippen molar-refractivity contribution >= 4 is 28.6 Å². The molecular formula is C11H12ClF2N3. The molecule has 0 spiro atoms. The van der Waals surface area contributed by atoms with E-state index in [9.17, 15) is 8.78 Å². The number of hydrogen-bond acceptors (Lipinski definition) is 2. The van der Waals surface area contributed by atoms with Crippen LogP contribution in [0.5, 0.6) is 0 Å². The summed E-state index contributed by atoms with van der Waals surface area (Å²) in [5, 5.41) is 0. The molecule has 0 radical (unpaired) electrons. The predicted octanol–water partition coefficient (Wildman–Crippen LogP) is 2.87. The van der Waals surface area contributed by atoms with Gasteiger partial charge >= 0.3 is 0 Å². The van der Waals surface area contributed by atoms with Crippen LogP contribution in [0.1, 0.15) is 0 Å². The topological polar surface area (TPSA) is 31.9 Å². The van der Waals surface area contributed by atoms with E-state index in [4.69, 9.17) is 11.6 Å². The number of rotatable bonds is 5. The number of imidazole rings is 1. The highest BCUT2D eigenvalue weighted by molar-refractivity contribution is 6.18. The molecule has 0 unspecified atom stereocenters. The van der Waals surface area contributed by atoms with Gasteiger partial charge in [-0.25, -0.2) is 13.8 Å². The van der Waals surface area contributed by atoms with Crippen molar-refractivity contribution < 1.29 is 8.78 Å². The second-order valence-electron chi connectivity index (χ2n) is 3.60. The van der Waals surface area contributed by atoms with Gasteiger partial charge in [-0.05, 0) is 12.1 Å². The van der Waals surface area contributed by atoms with Crippen LogP contribution in [0.15, 0.2) is 24.3 Å². The van der Waals surface area contributed by atoms with E-state index >= 15 is 0 Å². The average Bonchev–Trinajstić information content (AvgIpc) is 2.71. The second-order valence-corrected chi connectivity index (χ2v) is 3.98. The number of halogens is 3. The average molecular weight is 260 g/mol. The van der Waals surface area contributed by atoms with Gasteiger partial charge in [-0.1, -0.05) is 12.1 Å². The van der Waals surface area contributed by atoms with Crippen molar-refractivity contribution in [3.8, 4) is 0 Å². The summed E-state index contributed by atoms with van der Waals surface area (Å²) in [6.45, 7) is -0.0295. The van der Waals surface area contributed by atoms with Crippen LogP contribution in [0, 0.1) is 0 Å². The van der Waals surface area contributed by atoms with Gasteiger partial charge in [-0.15, -0.1) is 11.6 Å². The van der Waals surface area contributed by atoms with Crippen molar-refractivity contribution in [2.75, 3.05) is 23.9 Å². The summed E-state index contributed by atoms with van der Waals surface area (Å²) >= 11 is 5.60. The number of fused-ring (bicyclic) bond motifs is 1. The first-order chi connectivity index (χ1) is 8.20. The Balaban J connectivity index is 2.27. The van der Waals surface area contributed by atoms with E-state index in [0.717, 1.165) is 11.0 Å². The molecule has 2 rings (SSSR count). The third-order valence-corrected chi connectivity index (χ3v) is 2.56. The van der Waals surface area contributed by atoms with Crippen LogP contribution in [-0.4, -0.2) is 35.4 Å². The van der Waals surface area contributed by atoms with Crippen LogP contribution in [0.25, 0.3) is 11.0 Å². The molecule has 1 N–H and O–H groups in total. The van der Waals surface area contributed by atoms with E-state index in [-0.39, 0.29) is 12.4 Å². The first-order valence-corrected chi connectivity index (χ1v) is 5.78. The maximum absolute atomic E-state index is 12.4. The molecule has 92 valence electrons. The smallest absolute Gasteiger partial charge is 0.255 e. The lowest BCUT2D eigenvalue weighted by atomic mass is 10.3. The highest BCUT2D eigenvalue weighted by Gasteiger charge is 2.15. The standard InChI is InChI=1S/C11H12ClF2N3/c12-5-6-17(7-10(13)14)11-15-8-3-1-2-4-9(8)16-11/h1-4,10H,5-7H2,(H,15,16). The van der Waals surface area contributed by atoms with Gasteiger partial charge in [0, 0.05) is 12.4 Å². The number of nitrogens with zero attached hydrogens (tertiary/aromatic N) is 2. The molecule has 17 heavy (non-hydrogen) atoms. The van der Waals surface area contributed by atoms with Crippen molar-refractivity contribution in [2.45, 2.75) is 6.43 Å². The molecule has 0 saturated carbocycles. The lowest BCUT2D eigenvalue weighted by Gasteiger charge is -2.19. The van der Waals surface area contributed by atoms with Crippen LogP contribution >= 0.6 is 11.6 Å². The minimum Gasteiger partial charge on any atom is -0.335 e. The molecular weight excluding hydrogens is 248 g/mol. The third kappa shape index (κ3) is 2.85. The summed E-state index contributed by atoms with van der Waals surface area (Å²) < 4.78 is 24.8. The fourth-order valence-corrected chi connectivity index (χ4v) is 1.85. The van der Waals surface area contributed by atoms with Gasteiger partial charge in [0.25, 0.3) is 6.43 Å². The third-order valence-electron chi connectivity index (χ3n) is 2.39. The van der Waals surface area contributed by atoms with Gasteiger partial charge in [0.2, 0.25) is 5.95 Å². The Kier molecular flexibility index (Phi) is 3.78. The number of hydrogen-bond donors (Lipinski definition) is 1. The van der Waals surface area contributed by atoms with Gasteiger partial charge in [0.05, 0.1) is 17.6 Å². The normalized spacial score (nSPS) is 11.3. The maximum atomic E-state index is 12.4. The fraction of sp³-hybridized carbons (Fsp3) is 0.364. The Morgan fingerprint density at radius 1 is 1.35 bits per heavy atom. The van der Waals surface area contributed by atoms with Crippen LogP contribution in [-0.2, 0) is 0 Å². The lowest BCUT2D eigenvalue weighted by Crippen LogP contribution is -2.31. The zero-order valence-corrected chi connectivity index (χ0v) is 9.79. The van der Waals surface area contributed by atoms with Crippen LogP contribution < -0.4 is 4.90 Å². The molecule has 1 aromatic carbocycles. The Morgan fingerprint density at radius 2 is 2.12 bits per heavy atom. The molecule has 1 aromatic heterocycles. The predicted molar refractivity (Wildman–Crippen MR) is 65.0 cm³/mol.